The molecule has 1 atom stereocenters. The first-order chi connectivity index (χ1) is 14.2. The van der Waals surface area contributed by atoms with Crippen molar-refractivity contribution in [2.24, 2.45) is 5.92 Å². The zero-order valence-corrected chi connectivity index (χ0v) is 17.9. The van der Waals surface area contributed by atoms with Crippen molar-refractivity contribution in [3.63, 3.8) is 0 Å². The molecule has 154 valence electrons. The standard InChI is InChI=1S/C23H29N3O2S/c1-2-16-8-3-5-10-19(16)26-15-17(14-22(26)27)23(28)24-13-7-12-21-25-18-9-4-6-11-20(18)29-21/h3,5,8,10,17H,2,4,6-7,9,11-15H2,1H3,(H,24,28). The largest absolute Gasteiger partial charge is 0.356 e. The van der Waals surface area contributed by atoms with E-state index in [0.717, 1.165) is 36.9 Å². The number of aryl methyl sites for hydroxylation is 4. The molecule has 1 saturated heterocycles. The lowest BCUT2D eigenvalue weighted by Crippen LogP contribution is -2.33. The summed E-state index contributed by atoms with van der Waals surface area (Å²) in [5.74, 6) is -0.229. The summed E-state index contributed by atoms with van der Waals surface area (Å²) in [5, 5.41) is 4.24. The summed E-state index contributed by atoms with van der Waals surface area (Å²) in [6.07, 6.45) is 7.81. The van der Waals surface area contributed by atoms with Crippen LogP contribution in [0.2, 0.25) is 0 Å². The fraction of sp³-hybridized carbons (Fsp3) is 0.522. The SMILES string of the molecule is CCc1ccccc1N1CC(C(=O)NCCCc2nc3c(s2)CCCC3)CC1=O. The Hall–Kier alpha value is -2.21. The fourth-order valence-corrected chi connectivity index (χ4v) is 5.50. The first-order valence-corrected chi connectivity index (χ1v) is 11.6. The van der Waals surface area contributed by atoms with Crippen LogP contribution in [-0.4, -0.2) is 29.9 Å². The summed E-state index contributed by atoms with van der Waals surface area (Å²) >= 11 is 1.85. The van der Waals surface area contributed by atoms with Crippen molar-refractivity contribution in [1.82, 2.24) is 10.3 Å². The number of aromatic nitrogens is 1. The molecule has 2 aliphatic rings. The van der Waals surface area contributed by atoms with Crippen LogP contribution in [0.3, 0.4) is 0 Å². The van der Waals surface area contributed by atoms with Crippen molar-refractivity contribution in [1.29, 1.82) is 0 Å². The van der Waals surface area contributed by atoms with Gasteiger partial charge in [-0.25, -0.2) is 4.98 Å². The van der Waals surface area contributed by atoms with Crippen LogP contribution in [0.15, 0.2) is 24.3 Å². The molecule has 1 aromatic heterocycles. The van der Waals surface area contributed by atoms with E-state index in [1.54, 1.807) is 4.90 Å². The highest BCUT2D eigenvalue weighted by molar-refractivity contribution is 7.11. The van der Waals surface area contributed by atoms with Crippen LogP contribution in [0.4, 0.5) is 5.69 Å². The van der Waals surface area contributed by atoms with Gasteiger partial charge in [-0.1, -0.05) is 25.1 Å². The maximum Gasteiger partial charge on any atom is 0.227 e. The monoisotopic (exact) mass is 411 g/mol. The Bertz CT molecular complexity index is 868. The van der Waals surface area contributed by atoms with Crippen LogP contribution >= 0.6 is 11.3 Å². The number of para-hydroxylation sites is 1. The van der Waals surface area contributed by atoms with Crippen molar-refractivity contribution < 1.29 is 9.59 Å². The van der Waals surface area contributed by atoms with Gasteiger partial charge in [-0.15, -0.1) is 11.3 Å². The minimum absolute atomic E-state index is 0.00624. The van der Waals surface area contributed by atoms with Gasteiger partial charge in [-0.05, 0) is 50.2 Å². The molecule has 1 aliphatic carbocycles. The molecule has 6 heteroatoms. The third-order valence-electron chi connectivity index (χ3n) is 5.92. The van der Waals surface area contributed by atoms with Crippen LogP contribution in [0.25, 0.3) is 0 Å². The normalized spacial score (nSPS) is 18.7. The second kappa shape index (κ2) is 9.08. The molecule has 0 radical (unpaired) electrons. The summed E-state index contributed by atoms with van der Waals surface area (Å²) in [6, 6.07) is 7.97. The molecule has 2 amide bonds. The van der Waals surface area contributed by atoms with Gasteiger partial charge in [0.05, 0.1) is 16.6 Å². The lowest BCUT2D eigenvalue weighted by atomic mass is 10.0. The summed E-state index contributed by atoms with van der Waals surface area (Å²) in [5.41, 5.74) is 3.40. The minimum atomic E-state index is -0.264. The molecular formula is C23H29N3O2S. The fourth-order valence-electron chi connectivity index (χ4n) is 4.30. The molecule has 1 fully saturated rings. The molecule has 1 aliphatic heterocycles. The number of anilines is 1. The van der Waals surface area contributed by atoms with Crippen molar-refractivity contribution in [3.05, 3.63) is 45.4 Å². The Balaban J connectivity index is 1.26. The molecule has 4 rings (SSSR count). The maximum atomic E-state index is 12.6. The lowest BCUT2D eigenvalue weighted by molar-refractivity contribution is -0.126. The van der Waals surface area contributed by atoms with E-state index < -0.39 is 0 Å². The molecule has 0 spiro atoms. The van der Waals surface area contributed by atoms with Crippen molar-refractivity contribution >= 4 is 28.8 Å². The number of thiazole rings is 1. The Morgan fingerprint density at radius 2 is 2.10 bits per heavy atom. The molecular weight excluding hydrogens is 382 g/mol. The molecule has 0 saturated carbocycles. The van der Waals surface area contributed by atoms with Gasteiger partial charge in [-0.3, -0.25) is 9.59 Å². The number of rotatable bonds is 7. The summed E-state index contributed by atoms with van der Waals surface area (Å²) in [7, 11) is 0. The average Bonchev–Trinajstić information content (AvgIpc) is 3.34. The molecule has 2 heterocycles. The van der Waals surface area contributed by atoms with Crippen LogP contribution in [-0.2, 0) is 35.3 Å². The molecule has 1 N–H and O–H groups in total. The van der Waals surface area contributed by atoms with E-state index in [0.29, 0.717) is 19.5 Å². The van der Waals surface area contributed by atoms with E-state index in [1.165, 1.54) is 34.8 Å². The second-order valence-electron chi connectivity index (χ2n) is 7.97. The number of carbonyl (C=O) groups is 2. The Morgan fingerprint density at radius 3 is 2.93 bits per heavy atom. The van der Waals surface area contributed by atoms with Gasteiger partial charge in [0.15, 0.2) is 0 Å². The number of fused-ring (bicyclic) bond motifs is 1. The van der Waals surface area contributed by atoms with Gasteiger partial charge in [0.1, 0.15) is 0 Å². The predicted octanol–water partition coefficient (Wildman–Crippen LogP) is 3.69. The molecule has 1 unspecified atom stereocenters. The predicted molar refractivity (Wildman–Crippen MR) is 116 cm³/mol. The third-order valence-corrected chi connectivity index (χ3v) is 7.13. The zero-order chi connectivity index (χ0) is 20.2. The van der Waals surface area contributed by atoms with E-state index in [9.17, 15) is 9.59 Å². The van der Waals surface area contributed by atoms with Gasteiger partial charge in [0, 0.05) is 36.5 Å². The highest BCUT2D eigenvalue weighted by Gasteiger charge is 2.35. The van der Waals surface area contributed by atoms with Gasteiger partial charge >= 0.3 is 0 Å². The van der Waals surface area contributed by atoms with Crippen molar-refractivity contribution in [3.8, 4) is 0 Å². The number of benzene rings is 1. The van der Waals surface area contributed by atoms with Gasteiger partial charge in [0.25, 0.3) is 0 Å². The Morgan fingerprint density at radius 1 is 1.28 bits per heavy atom. The number of hydrogen-bond donors (Lipinski definition) is 1. The highest BCUT2D eigenvalue weighted by atomic mass is 32.1. The highest BCUT2D eigenvalue weighted by Crippen LogP contribution is 2.29. The number of carbonyl (C=O) groups excluding carboxylic acids is 2. The lowest BCUT2D eigenvalue weighted by Gasteiger charge is -2.20. The van der Waals surface area contributed by atoms with Crippen molar-refractivity contribution in [2.75, 3.05) is 18.0 Å². The van der Waals surface area contributed by atoms with E-state index in [1.807, 2.05) is 35.6 Å². The van der Waals surface area contributed by atoms with Gasteiger partial charge in [0.2, 0.25) is 11.8 Å². The first-order valence-electron chi connectivity index (χ1n) is 10.8. The zero-order valence-electron chi connectivity index (χ0n) is 17.1. The Labute approximate surface area is 176 Å². The van der Waals surface area contributed by atoms with Crippen LogP contribution < -0.4 is 10.2 Å². The number of hydrogen-bond acceptors (Lipinski definition) is 4. The van der Waals surface area contributed by atoms with Crippen LogP contribution in [0.1, 0.15) is 53.7 Å². The quantitative estimate of drug-likeness (QED) is 0.707. The van der Waals surface area contributed by atoms with Gasteiger partial charge in [-0.2, -0.15) is 0 Å². The summed E-state index contributed by atoms with van der Waals surface area (Å²) in [6.45, 7) is 3.20. The van der Waals surface area contributed by atoms with Crippen LogP contribution in [0.5, 0.6) is 0 Å². The van der Waals surface area contributed by atoms with E-state index in [-0.39, 0.29) is 17.7 Å². The van der Waals surface area contributed by atoms with Crippen molar-refractivity contribution in [2.45, 2.75) is 58.3 Å². The number of amides is 2. The minimum Gasteiger partial charge on any atom is -0.356 e. The van der Waals surface area contributed by atoms with Gasteiger partial charge < -0.3 is 10.2 Å². The topological polar surface area (TPSA) is 62.3 Å². The molecule has 5 nitrogen and oxygen atoms in total. The van der Waals surface area contributed by atoms with E-state index in [2.05, 4.69) is 12.2 Å². The average molecular weight is 412 g/mol. The summed E-state index contributed by atoms with van der Waals surface area (Å²) in [4.78, 5) is 33.1. The number of nitrogens with one attached hydrogen (secondary N) is 1. The second-order valence-corrected chi connectivity index (χ2v) is 9.13. The Kier molecular flexibility index (Phi) is 6.28. The van der Waals surface area contributed by atoms with E-state index in [4.69, 9.17) is 4.98 Å². The molecule has 29 heavy (non-hydrogen) atoms. The maximum absolute atomic E-state index is 12.6. The molecule has 1 aromatic carbocycles. The smallest absolute Gasteiger partial charge is 0.227 e. The van der Waals surface area contributed by atoms with E-state index >= 15 is 0 Å². The molecule has 0 bridgehead atoms. The third kappa shape index (κ3) is 4.53. The summed E-state index contributed by atoms with van der Waals surface area (Å²) < 4.78 is 0. The van der Waals surface area contributed by atoms with Crippen LogP contribution in [0, 0.1) is 5.92 Å². The molecule has 2 aromatic rings. The first kappa shape index (κ1) is 20.1. The number of nitrogens with zero attached hydrogens (tertiary/aromatic N) is 2.